The predicted octanol–water partition coefficient (Wildman–Crippen LogP) is 1.75. The molecule has 0 heterocycles. The zero-order valence-electron chi connectivity index (χ0n) is 8.85. The van der Waals surface area contributed by atoms with Crippen LogP contribution in [0.3, 0.4) is 0 Å². The number of esters is 1. The number of carbonyl (C=O) groups excluding carboxylic acids is 1. The second kappa shape index (κ2) is 3.29. The quantitative estimate of drug-likeness (QED) is 0.630. The van der Waals surface area contributed by atoms with Crippen LogP contribution < -0.4 is 0 Å². The molecule has 0 atom stereocenters. The summed E-state index contributed by atoms with van der Waals surface area (Å²) >= 11 is 0. The molecule has 0 aromatic carbocycles. The van der Waals surface area contributed by atoms with Crippen molar-refractivity contribution in [3.05, 3.63) is 0 Å². The van der Waals surface area contributed by atoms with Crippen molar-refractivity contribution in [3.8, 4) is 0 Å². The fourth-order valence-corrected chi connectivity index (χ4v) is 2.30. The van der Waals surface area contributed by atoms with Crippen LogP contribution in [-0.2, 0) is 14.3 Å². The van der Waals surface area contributed by atoms with Gasteiger partial charge in [-0.3, -0.25) is 4.79 Å². The van der Waals surface area contributed by atoms with Gasteiger partial charge in [-0.2, -0.15) is 0 Å². The summed E-state index contributed by atoms with van der Waals surface area (Å²) in [6.07, 6.45) is 2.51. The number of carbonyl (C=O) groups is 1. The summed E-state index contributed by atoms with van der Waals surface area (Å²) in [6, 6.07) is 0. The average Bonchev–Trinajstić information content (AvgIpc) is 2.11. The second-order valence-electron chi connectivity index (χ2n) is 4.15. The molecule has 0 N–H and O–H groups in total. The first-order chi connectivity index (χ1) is 6.02. The molecule has 0 aliphatic heterocycles. The van der Waals surface area contributed by atoms with Crippen LogP contribution in [0.2, 0.25) is 0 Å². The minimum Gasteiger partial charge on any atom is -0.469 e. The molecule has 1 aliphatic rings. The summed E-state index contributed by atoms with van der Waals surface area (Å²) in [5, 5.41) is 0. The zero-order valence-corrected chi connectivity index (χ0v) is 8.85. The summed E-state index contributed by atoms with van der Waals surface area (Å²) < 4.78 is 10.2. The molecule has 76 valence electrons. The Morgan fingerprint density at radius 2 is 1.92 bits per heavy atom. The van der Waals surface area contributed by atoms with E-state index in [4.69, 9.17) is 9.47 Å². The van der Waals surface area contributed by atoms with Crippen molar-refractivity contribution in [3.63, 3.8) is 0 Å². The highest BCUT2D eigenvalue weighted by atomic mass is 16.5. The Morgan fingerprint density at radius 3 is 2.23 bits per heavy atom. The smallest absolute Gasteiger partial charge is 0.311 e. The monoisotopic (exact) mass is 186 g/mol. The molecule has 0 amide bonds. The summed E-state index contributed by atoms with van der Waals surface area (Å²) in [4.78, 5) is 11.4. The van der Waals surface area contributed by atoms with Crippen LogP contribution >= 0.6 is 0 Å². The predicted molar refractivity (Wildman–Crippen MR) is 49.4 cm³/mol. The molecule has 3 heteroatoms. The molecule has 1 rings (SSSR count). The van der Waals surface area contributed by atoms with Gasteiger partial charge in [0.2, 0.25) is 0 Å². The molecule has 0 radical (unpaired) electrons. The molecule has 13 heavy (non-hydrogen) atoms. The number of hydrogen-bond acceptors (Lipinski definition) is 3. The minimum atomic E-state index is -0.319. The Balaban J connectivity index is 2.59. The number of hydrogen-bond donors (Lipinski definition) is 0. The lowest BCUT2D eigenvalue weighted by Gasteiger charge is -2.51. The lowest BCUT2D eigenvalue weighted by Crippen LogP contribution is -2.55. The Kier molecular flexibility index (Phi) is 2.66. The van der Waals surface area contributed by atoms with Crippen LogP contribution in [0.5, 0.6) is 0 Å². The van der Waals surface area contributed by atoms with E-state index in [9.17, 15) is 4.79 Å². The lowest BCUT2D eigenvalue weighted by atomic mass is 9.59. The molecule has 0 spiro atoms. The van der Waals surface area contributed by atoms with Crippen LogP contribution in [0.1, 0.15) is 33.1 Å². The third-order valence-corrected chi connectivity index (χ3v) is 3.18. The minimum absolute atomic E-state index is 0.0804. The molecule has 0 bridgehead atoms. The molecule has 1 aliphatic carbocycles. The van der Waals surface area contributed by atoms with Crippen molar-refractivity contribution in [2.45, 2.75) is 38.7 Å². The fourth-order valence-electron chi connectivity index (χ4n) is 2.30. The average molecular weight is 186 g/mol. The summed E-state index contributed by atoms with van der Waals surface area (Å²) in [7, 11) is 3.15. The van der Waals surface area contributed by atoms with Gasteiger partial charge in [0.25, 0.3) is 0 Å². The first kappa shape index (κ1) is 10.5. The maximum Gasteiger partial charge on any atom is 0.311 e. The highest BCUT2D eigenvalue weighted by molar-refractivity contribution is 5.78. The maximum atomic E-state index is 11.4. The number of rotatable bonds is 3. The van der Waals surface area contributed by atoms with Crippen molar-refractivity contribution in [2.75, 3.05) is 14.2 Å². The maximum absolute atomic E-state index is 11.4. The van der Waals surface area contributed by atoms with E-state index in [2.05, 4.69) is 6.92 Å². The van der Waals surface area contributed by atoms with E-state index in [1.54, 1.807) is 7.11 Å². The van der Waals surface area contributed by atoms with Gasteiger partial charge in [-0.15, -0.1) is 0 Å². The van der Waals surface area contributed by atoms with Gasteiger partial charge in [0.1, 0.15) is 0 Å². The van der Waals surface area contributed by atoms with Crippen molar-refractivity contribution in [1.29, 1.82) is 0 Å². The Hall–Kier alpha value is -0.570. The molecule has 0 unspecified atom stereocenters. The second-order valence-corrected chi connectivity index (χ2v) is 4.15. The van der Waals surface area contributed by atoms with E-state index in [0.29, 0.717) is 0 Å². The molecular weight excluding hydrogens is 168 g/mol. The van der Waals surface area contributed by atoms with E-state index in [0.717, 1.165) is 19.3 Å². The highest BCUT2D eigenvalue weighted by Crippen LogP contribution is 2.52. The molecule has 1 saturated carbocycles. The SMILES string of the molecule is CCC1(OC)CC(C)(C(=O)OC)C1. The van der Waals surface area contributed by atoms with Crippen molar-refractivity contribution in [1.82, 2.24) is 0 Å². The molecule has 3 nitrogen and oxygen atoms in total. The molecule has 1 fully saturated rings. The van der Waals surface area contributed by atoms with Crippen molar-refractivity contribution in [2.24, 2.45) is 5.41 Å². The topological polar surface area (TPSA) is 35.5 Å². The summed E-state index contributed by atoms with van der Waals surface area (Å²) in [6.45, 7) is 4.02. The third kappa shape index (κ3) is 1.57. The van der Waals surface area contributed by atoms with E-state index in [1.807, 2.05) is 6.92 Å². The van der Waals surface area contributed by atoms with E-state index in [-0.39, 0.29) is 17.0 Å². The Labute approximate surface area is 79.4 Å². The van der Waals surface area contributed by atoms with Crippen LogP contribution in [0.15, 0.2) is 0 Å². The van der Waals surface area contributed by atoms with E-state index >= 15 is 0 Å². The number of methoxy groups -OCH3 is 2. The van der Waals surface area contributed by atoms with Gasteiger partial charge in [-0.25, -0.2) is 0 Å². The van der Waals surface area contributed by atoms with Crippen LogP contribution in [0.4, 0.5) is 0 Å². The summed E-state index contributed by atoms with van der Waals surface area (Å²) in [5.74, 6) is -0.117. The van der Waals surface area contributed by atoms with Gasteiger partial charge >= 0.3 is 5.97 Å². The van der Waals surface area contributed by atoms with E-state index in [1.165, 1.54) is 7.11 Å². The van der Waals surface area contributed by atoms with Gasteiger partial charge in [0, 0.05) is 7.11 Å². The largest absolute Gasteiger partial charge is 0.469 e. The normalized spacial score (nSPS) is 38.2. The van der Waals surface area contributed by atoms with Crippen molar-refractivity contribution >= 4 is 5.97 Å². The molecule has 0 aromatic rings. The lowest BCUT2D eigenvalue weighted by molar-refractivity contribution is -0.187. The standard InChI is InChI=1S/C10H18O3/c1-5-10(13-4)6-9(2,7-10)8(11)12-3/h5-7H2,1-4H3. The van der Waals surface area contributed by atoms with Gasteiger partial charge in [0.05, 0.1) is 18.1 Å². The third-order valence-electron chi connectivity index (χ3n) is 3.18. The van der Waals surface area contributed by atoms with Crippen LogP contribution in [0, 0.1) is 5.41 Å². The first-order valence-corrected chi connectivity index (χ1v) is 4.65. The zero-order chi connectivity index (χ0) is 10.1. The molecule has 0 aromatic heterocycles. The highest BCUT2D eigenvalue weighted by Gasteiger charge is 2.56. The first-order valence-electron chi connectivity index (χ1n) is 4.65. The fraction of sp³-hybridized carbons (Fsp3) is 0.900. The molecular formula is C10H18O3. The Morgan fingerprint density at radius 1 is 1.38 bits per heavy atom. The Bertz CT molecular complexity index is 198. The summed E-state index contributed by atoms with van der Waals surface area (Å²) in [5.41, 5.74) is -0.399. The number of ether oxygens (including phenoxy) is 2. The van der Waals surface area contributed by atoms with E-state index < -0.39 is 0 Å². The van der Waals surface area contributed by atoms with Crippen molar-refractivity contribution < 1.29 is 14.3 Å². The molecule has 0 saturated heterocycles. The van der Waals surface area contributed by atoms with Crippen LogP contribution in [-0.4, -0.2) is 25.8 Å². The van der Waals surface area contributed by atoms with Crippen LogP contribution in [0.25, 0.3) is 0 Å². The van der Waals surface area contributed by atoms with Gasteiger partial charge in [-0.05, 0) is 26.2 Å². The van der Waals surface area contributed by atoms with Gasteiger partial charge < -0.3 is 9.47 Å². The van der Waals surface area contributed by atoms with Gasteiger partial charge in [-0.1, -0.05) is 6.92 Å². The van der Waals surface area contributed by atoms with Gasteiger partial charge in [0.15, 0.2) is 0 Å².